The quantitative estimate of drug-likeness (QED) is 0.801. The van der Waals surface area contributed by atoms with Crippen molar-refractivity contribution in [3.63, 3.8) is 0 Å². The first-order chi connectivity index (χ1) is 9.42. The van der Waals surface area contributed by atoms with Crippen LogP contribution in [0.15, 0.2) is 18.2 Å². The number of rotatable bonds is 2. The van der Waals surface area contributed by atoms with Crippen molar-refractivity contribution in [3.05, 3.63) is 44.7 Å². The van der Waals surface area contributed by atoms with Crippen LogP contribution in [-0.4, -0.2) is 4.98 Å². The minimum Gasteiger partial charge on any atom is -0.450 e. The van der Waals surface area contributed by atoms with Crippen molar-refractivity contribution in [2.45, 2.75) is 6.92 Å². The fourth-order valence-electron chi connectivity index (χ4n) is 1.56. The zero-order valence-corrected chi connectivity index (χ0v) is 12.4. The average molecular weight is 387 g/mol. The van der Waals surface area contributed by atoms with Gasteiger partial charge in [0.15, 0.2) is 17.4 Å². The van der Waals surface area contributed by atoms with Gasteiger partial charge in [-0.25, -0.2) is 13.8 Å². The first kappa shape index (κ1) is 14.5. The van der Waals surface area contributed by atoms with E-state index in [1.54, 1.807) is 13.0 Å². The first-order valence-corrected chi connectivity index (χ1v) is 6.50. The van der Waals surface area contributed by atoms with Crippen molar-refractivity contribution in [2.24, 2.45) is 0 Å². The third kappa shape index (κ3) is 2.80. The number of aryl methyl sites for hydroxylation is 1. The van der Waals surface area contributed by atoms with Gasteiger partial charge in [-0.3, -0.25) is 0 Å². The number of anilines is 1. The Morgan fingerprint density at radius 1 is 1.30 bits per heavy atom. The van der Waals surface area contributed by atoms with Gasteiger partial charge in [0.05, 0.1) is 20.9 Å². The maximum absolute atomic E-state index is 13.8. The summed E-state index contributed by atoms with van der Waals surface area (Å²) in [5, 5.41) is 8.63. The molecular weight excluding hydrogens is 379 g/mol. The number of benzene rings is 1. The van der Waals surface area contributed by atoms with Gasteiger partial charge >= 0.3 is 0 Å². The predicted molar refractivity (Wildman–Crippen MR) is 77.3 cm³/mol. The Bertz CT molecular complexity index is 705. The topological polar surface area (TPSA) is 71.9 Å². The number of ether oxygens (including phenoxy) is 1. The van der Waals surface area contributed by atoms with Crippen molar-refractivity contribution in [2.75, 3.05) is 5.73 Å². The maximum Gasteiger partial charge on any atom is 0.198 e. The monoisotopic (exact) mass is 387 g/mol. The van der Waals surface area contributed by atoms with Crippen LogP contribution in [0, 0.1) is 33.5 Å². The maximum atomic E-state index is 13.8. The summed E-state index contributed by atoms with van der Waals surface area (Å²) in [6, 6.07) is 4.85. The van der Waals surface area contributed by atoms with Gasteiger partial charge < -0.3 is 10.5 Å². The van der Waals surface area contributed by atoms with Gasteiger partial charge in [-0.2, -0.15) is 5.26 Å². The number of nitrogens with two attached hydrogens (primary N) is 1. The van der Waals surface area contributed by atoms with Gasteiger partial charge in [0, 0.05) is 6.07 Å². The van der Waals surface area contributed by atoms with E-state index in [1.807, 2.05) is 22.6 Å². The molecule has 2 N–H and O–H groups in total. The van der Waals surface area contributed by atoms with Gasteiger partial charge in [-0.1, -0.05) is 0 Å². The van der Waals surface area contributed by atoms with Crippen molar-refractivity contribution in [1.29, 1.82) is 5.26 Å². The lowest BCUT2D eigenvalue weighted by molar-refractivity contribution is 0.404. The van der Waals surface area contributed by atoms with E-state index in [0.29, 0.717) is 9.26 Å². The second-order valence-corrected chi connectivity index (χ2v) is 5.01. The highest BCUT2D eigenvalue weighted by Gasteiger charge is 2.16. The van der Waals surface area contributed by atoms with Crippen LogP contribution < -0.4 is 10.5 Å². The highest BCUT2D eigenvalue weighted by atomic mass is 127. The van der Waals surface area contributed by atoms with E-state index in [0.717, 1.165) is 12.1 Å². The van der Waals surface area contributed by atoms with Crippen LogP contribution in [0.25, 0.3) is 0 Å². The molecule has 0 radical (unpaired) electrons. The molecule has 0 aliphatic heterocycles. The van der Waals surface area contributed by atoms with Crippen LogP contribution in [0.4, 0.5) is 14.6 Å². The van der Waals surface area contributed by atoms with Crippen LogP contribution in [0.2, 0.25) is 0 Å². The molecule has 0 bridgehead atoms. The molecule has 1 heterocycles. The van der Waals surface area contributed by atoms with E-state index >= 15 is 0 Å². The molecule has 102 valence electrons. The largest absolute Gasteiger partial charge is 0.450 e. The average Bonchev–Trinajstić information content (AvgIpc) is 2.38. The Balaban J connectivity index is 2.49. The van der Waals surface area contributed by atoms with E-state index in [1.165, 1.54) is 6.07 Å². The van der Waals surface area contributed by atoms with Crippen molar-refractivity contribution >= 4 is 28.4 Å². The lowest BCUT2D eigenvalue weighted by atomic mass is 10.2. The van der Waals surface area contributed by atoms with E-state index in [-0.39, 0.29) is 17.1 Å². The lowest BCUT2D eigenvalue weighted by Gasteiger charge is -2.11. The van der Waals surface area contributed by atoms with Crippen molar-refractivity contribution in [1.82, 2.24) is 4.98 Å². The molecule has 0 atom stereocenters. The lowest BCUT2D eigenvalue weighted by Crippen LogP contribution is -2.00. The van der Waals surface area contributed by atoms with Crippen LogP contribution >= 0.6 is 22.6 Å². The number of nitriles is 1. The number of aromatic nitrogens is 1. The predicted octanol–water partition coefficient (Wildman–Crippen LogP) is 3.52. The fourth-order valence-corrected chi connectivity index (χ4v) is 1.94. The summed E-state index contributed by atoms with van der Waals surface area (Å²) < 4.78 is 33.3. The Morgan fingerprint density at radius 3 is 2.45 bits per heavy atom. The standard InChI is InChI=1S/C13H8F2IN3O/c1-6-12(16)10(4-11(18)19-6)20-13-8(14)2-7(5-17)3-9(13)15/h2-4H,1H3,(H2,18,19). The molecule has 1 aromatic carbocycles. The molecule has 20 heavy (non-hydrogen) atoms. The normalized spacial score (nSPS) is 10.2. The van der Waals surface area contributed by atoms with Gasteiger partial charge in [-0.05, 0) is 41.6 Å². The SMILES string of the molecule is Cc1nc(N)cc(Oc2c(F)cc(C#N)cc2F)c1I. The molecule has 4 nitrogen and oxygen atoms in total. The molecule has 0 saturated carbocycles. The van der Waals surface area contributed by atoms with E-state index < -0.39 is 17.4 Å². The second kappa shape index (κ2) is 5.58. The molecule has 0 unspecified atom stereocenters. The highest BCUT2D eigenvalue weighted by molar-refractivity contribution is 14.1. The summed E-state index contributed by atoms with van der Waals surface area (Å²) in [7, 11) is 0. The molecule has 2 rings (SSSR count). The third-order valence-electron chi connectivity index (χ3n) is 2.45. The van der Waals surface area contributed by atoms with Crippen LogP contribution in [0.3, 0.4) is 0 Å². The molecule has 0 amide bonds. The summed E-state index contributed by atoms with van der Waals surface area (Å²) in [6.45, 7) is 1.70. The summed E-state index contributed by atoms with van der Waals surface area (Å²) in [6.07, 6.45) is 0. The Labute approximate surface area is 127 Å². The fraction of sp³-hybridized carbons (Fsp3) is 0.0769. The minimum atomic E-state index is -0.953. The number of nitrogens with zero attached hydrogens (tertiary/aromatic N) is 2. The number of hydrogen-bond donors (Lipinski definition) is 1. The minimum absolute atomic E-state index is 0.118. The van der Waals surface area contributed by atoms with Gasteiger partial charge in [0.2, 0.25) is 0 Å². The first-order valence-electron chi connectivity index (χ1n) is 5.42. The van der Waals surface area contributed by atoms with Gasteiger partial charge in [-0.15, -0.1) is 0 Å². The summed E-state index contributed by atoms with van der Waals surface area (Å²) in [5.41, 5.74) is 6.05. The molecule has 0 spiro atoms. The van der Waals surface area contributed by atoms with E-state index in [9.17, 15) is 8.78 Å². The van der Waals surface area contributed by atoms with E-state index in [4.69, 9.17) is 15.7 Å². The van der Waals surface area contributed by atoms with Crippen molar-refractivity contribution < 1.29 is 13.5 Å². The Hall–Kier alpha value is -1.95. The highest BCUT2D eigenvalue weighted by Crippen LogP contribution is 2.33. The van der Waals surface area contributed by atoms with Crippen LogP contribution in [0.1, 0.15) is 11.3 Å². The van der Waals surface area contributed by atoms with Gasteiger partial charge in [0.1, 0.15) is 11.6 Å². The number of halogens is 3. The number of pyridine rings is 1. The van der Waals surface area contributed by atoms with Crippen LogP contribution in [0.5, 0.6) is 11.5 Å². The molecule has 0 aliphatic carbocycles. The zero-order chi connectivity index (χ0) is 14.9. The summed E-state index contributed by atoms with van der Waals surface area (Å²) >= 11 is 1.95. The molecule has 1 aromatic heterocycles. The second-order valence-electron chi connectivity index (χ2n) is 3.93. The molecule has 2 aromatic rings. The summed E-state index contributed by atoms with van der Waals surface area (Å²) in [4.78, 5) is 4.01. The number of hydrogen-bond acceptors (Lipinski definition) is 4. The number of nitrogen functional groups attached to an aromatic ring is 1. The van der Waals surface area contributed by atoms with Gasteiger partial charge in [0.25, 0.3) is 0 Å². The third-order valence-corrected chi connectivity index (χ3v) is 3.76. The molecular formula is C13H8F2IN3O. The Morgan fingerprint density at radius 2 is 1.90 bits per heavy atom. The van der Waals surface area contributed by atoms with Crippen LogP contribution in [-0.2, 0) is 0 Å². The molecule has 0 fully saturated rings. The zero-order valence-electron chi connectivity index (χ0n) is 10.2. The van der Waals surface area contributed by atoms with Crippen molar-refractivity contribution in [3.8, 4) is 17.6 Å². The summed E-state index contributed by atoms with van der Waals surface area (Å²) in [5.74, 6) is -2.09. The molecule has 0 saturated heterocycles. The smallest absolute Gasteiger partial charge is 0.198 e. The molecule has 7 heteroatoms. The van der Waals surface area contributed by atoms with E-state index in [2.05, 4.69) is 4.98 Å². The Kier molecular flexibility index (Phi) is 4.04. The molecule has 0 aliphatic rings.